The molecule has 2 rings (SSSR count). The molecule has 118 valence electrons. The lowest BCUT2D eigenvalue weighted by Crippen LogP contribution is -2.06. The first kappa shape index (κ1) is 16.2. The molecule has 0 aliphatic rings. The second-order valence-corrected chi connectivity index (χ2v) is 5.22. The monoisotopic (exact) mass is 300 g/mol. The van der Waals surface area contributed by atoms with Gasteiger partial charge in [0.05, 0.1) is 0 Å². The second-order valence-electron chi connectivity index (χ2n) is 5.22. The summed E-state index contributed by atoms with van der Waals surface area (Å²) in [5.41, 5.74) is 3.31. The predicted octanol–water partition coefficient (Wildman–Crippen LogP) is 3.37. The van der Waals surface area contributed by atoms with E-state index in [1.54, 1.807) is 7.11 Å². The summed E-state index contributed by atoms with van der Waals surface area (Å²) in [4.78, 5) is 8.77. The number of hydrogen-bond donors (Lipinski definition) is 2. The summed E-state index contributed by atoms with van der Waals surface area (Å²) in [6.45, 7) is 6.28. The number of methoxy groups -OCH3 is 1. The van der Waals surface area contributed by atoms with E-state index >= 15 is 0 Å². The van der Waals surface area contributed by atoms with Crippen LogP contribution in [0.15, 0.2) is 30.3 Å². The van der Waals surface area contributed by atoms with Crippen molar-refractivity contribution in [1.82, 2.24) is 9.97 Å². The van der Waals surface area contributed by atoms with Crippen LogP contribution in [-0.2, 0) is 17.9 Å². The number of hydrogen-bond acceptors (Lipinski definition) is 5. The Labute approximate surface area is 132 Å². The van der Waals surface area contributed by atoms with E-state index in [1.807, 2.05) is 13.0 Å². The topological polar surface area (TPSA) is 59.1 Å². The summed E-state index contributed by atoms with van der Waals surface area (Å²) in [6.07, 6.45) is 1.13. The van der Waals surface area contributed by atoms with Crippen LogP contribution in [0.3, 0.4) is 0 Å². The van der Waals surface area contributed by atoms with Crippen molar-refractivity contribution in [1.29, 1.82) is 0 Å². The third-order valence-electron chi connectivity index (χ3n) is 3.18. The van der Waals surface area contributed by atoms with Gasteiger partial charge in [0.2, 0.25) is 0 Å². The number of anilines is 2. The zero-order valence-corrected chi connectivity index (χ0v) is 13.5. The van der Waals surface area contributed by atoms with E-state index in [0.717, 1.165) is 36.7 Å². The highest BCUT2D eigenvalue weighted by atomic mass is 16.5. The molecule has 0 unspecified atom stereocenters. The van der Waals surface area contributed by atoms with Gasteiger partial charge in [0.1, 0.15) is 12.4 Å². The fourth-order valence-electron chi connectivity index (χ4n) is 2.12. The Bertz CT molecular complexity index is 584. The van der Waals surface area contributed by atoms with Crippen LogP contribution in [0.25, 0.3) is 0 Å². The number of benzene rings is 1. The fourth-order valence-corrected chi connectivity index (χ4v) is 2.12. The minimum Gasteiger partial charge on any atom is -0.385 e. The molecule has 2 N–H and O–H groups in total. The SMILES string of the molecule is CCCNc1ccc(CNc2cc(C)nc(COC)n2)cc1. The molecule has 22 heavy (non-hydrogen) atoms. The van der Waals surface area contributed by atoms with Crippen molar-refractivity contribution in [3.63, 3.8) is 0 Å². The first-order valence-corrected chi connectivity index (χ1v) is 7.61. The summed E-state index contributed by atoms with van der Waals surface area (Å²) in [6, 6.07) is 10.4. The summed E-state index contributed by atoms with van der Waals surface area (Å²) in [7, 11) is 1.65. The van der Waals surface area contributed by atoms with Crippen molar-refractivity contribution in [2.24, 2.45) is 0 Å². The van der Waals surface area contributed by atoms with Crippen molar-refractivity contribution >= 4 is 11.5 Å². The molecule has 0 atom stereocenters. The summed E-state index contributed by atoms with van der Waals surface area (Å²) >= 11 is 0. The van der Waals surface area contributed by atoms with E-state index in [9.17, 15) is 0 Å². The zero-order valence-electron chi connectivity index (χ0n) is 13.5. The Morgan fingerprint density at radius 3 is 2.55 bits per heavy atom. The Balaban J connectivity index is 1.94. The lowest BCUT2D eigenvalue weighted by molar-refractivity contribution is 0.177. The Hall–Kier alpha value is -2.14. The van der Waals surface area contributed by atoms with Gasteiger partial charge >= 0.3 is 0 Å². The highest BCUT2D eigenvalue weighted by molar-refractivity contribution is 5.45. The van der Waals surface area contributed by atoms with Crippen LogP contribution in [0.5, 0.6) is 0 Å². The number of rotatable bonds is 8. The number of aryl methyl sites for hydroxylation is 1. The predicted molar refractivity (Wildman–Crippen MR) is 90.0 cm³/mol. The molecule has 0 aliphatic heterocycles. The van der Waals surface area contributed by atoms with Crippen LogP contribution >= 0.6 is 0 Å². The highest BCUT2D eigenvalue weighted by Gasteiger charge is 2.02. The van der Waals surface area contributed by atoms with E-state index < -0.39 is 0 Å². The van der Waals surface area contributed by atoms with E-state index in [2.05, 4.69) is 51.8 Å². The van der Waals surface area contributed by atoms with Crippen LogP contribution in [0, 0.1) is 6.92 Å². The van der Waals surface area contributed by atoms with Gasteiger partial charge in [0, 0.05) is 37.6 Å². The normalized spacial score (nSPS) is 10.5. The van der Waals surface area contributed by atoms with Gasteiger partial charge in [-0.05, 0) is 31.0 Å². The van der Waals surface area contributed by atoms with E-state index in [1.165, 1.54) is 5.56 Å². The maximum atomic E-state index is 5.09. The largest absolute Gasteiger partial charge is 0.385 e. The molecule has 2 aromatic rings. The van der Waals surface area contributed by atoms with Gasteiger partial charge in [-0.2, -0.15) is 0 Å². The number of nitrogens with one attached hydrogen (secondary N) is 2. The van der Waals surface area contributed by atoms with Gasteiger partial charge < -0.3 is 15.4 Å². The van der Waals surface area contributed by atoms with Crippen LogP contribution < -0.4 is 10.6 Å². The molecule has 0 spiro atoms. The number of aromatic nitrogens is 2. The zero-order chi connectivity index (χ0) is 15.8. The molecule has 1 aromatic heterocycles. The summed E-state index contributed by atoms with van der Waals surface area (Å²) in [5.74, 6) is 1.52. The minimum absolute atomic E-state index is 0.425. The van der Waals surface area contributed by atoms with Gasteiger partial charge in [-0.1, -0.05) is 19.1 Å². The second kappa shape index (κ2) is 8.34. The Morgan fingerprint density at radius 2 is 1.86 bits per heavy atom. The van der Waals surface area contributed by atoms with Crippen molar-refractivity contribution < 1.29 is 4.74 Å². The highest BCUT2D eigenvalue weighted by Crippen LogP contribution is 2.12. The van der Waals surface area contributed by atoms with E-state index in [4.69, 9.17) is 4.74 Å². The molecule has 0 fully saturated rings. The Kier molecular flexibility index (Phi) is 6.15. The van der Waals surface area contributed by atoms with Gasteiger partial charge in [-0.25, -0.2) is 9.97 Å². The molecule has 5 heteroatoms. The van der Waals surface area contributed by atoms with Gasteiger partial charge in [0.25, 0.3) is 0 Å². The molecular weight excluding hydrogens is 276 g/mol. The molecule has 0 radical (unpaired) electrons. The maximum absolute atomic E-state index is 5.09. The van der Waals surface area contributed by atoms with Crippen LogP contribution in [0.4, 0.5) is 11.5 Å². The van der Waals surface area contributed by atoms with Gasteiger partial charge in [-0.15, -0.1) is 0 Å². The first-order chi connectivity index (χ1) is 10.7. The lowest BCUT2D eigenvalue weighted by atomic mass is 10.2. The standard InChI is InChI=1S/C17H24N4O/c1-4-9-18-15-7-5-14(6-8-15)11-19-16-10-13(2)20-17(21-16)12-22-3/h5-8,10,18H,4,9,11-12H2,1-3H3,(H,19,20,21). The molecule has 1 aromatic carbocycles. The van der Waals surface area contributed by atoms with E-state index in [-0.39, 0.29) is 0 Å². The van der Waals surface area contributed by atoms with Crippen LogP contribution in [0.1, 0.15) is 30.4 Å². The van der Waals surface area contributed by atoms with Crippen LogP contribution in [0.2, 0.25) is 0 Å². The smallest absolute Gasteiger partial charge is 0.156 e. The third kappa shape index (κ3) is 5.00. The van der Waals surface area contributed by atoms with E-state index in [0.29, 0.717) is 12.4 Å². The molecule has 0 saturated carbocycles. The van der Waals surface area contributed by atoms with Crippen molar-refractivity contribution in [2.75, 3.05) is 24.3 Å². The lowest BCUT2D eigenvalue weighted by Gasteiger charge is -2.09. The van der Waals surface area contributed by atoms with Gasteiger partial charge in [-0.3, -0.25) is 0 Å². The fraction of sp³-hybridized carbons (Fsp3) is 0.412. The minimum atomic E-state index is 0.425. The quantitative estimate of drug-likeness (QED) is 0.783. The molecule has 0 bridgehead atoms. The van der Waals surface area contributed by atoms with Crippen molar-refractivity contribution in [3.8, 4) is 0 Å². The first-order valence-electron chi connectivity index (χ1n) is 7.61. The average Bonchev–Trinajstić information content (AvgIpc) is 2.52. The van der Waals surface area contributed by atoms with Crippen molar-refractivity contribution in [2.45, 2.75) is 33.4 Å². The molecule has 1 heterocycles. The van der Waals surface area contributed by atoms with Crippen molar-refractivity contribution in [3.05, 3.63) is 47.4 Å². The van der Waals surface area contributed by atoms with Gasteiger partial charge in [0.15, 0.2) is 5.82 Å². The van der Waals surface area contributed by atoms with Crippen LogP contribution in [-0.4, -0.2) is 23.6 Å². The molecule has 0 aliphatic carbocycles. The Morgan fingerprint density at radius 1 is 1.09 bits per heavy atom. The molecule has 0 saturated heterocycles. The third-order valence-corrected chi connectivity index (χ3v) is 3.18. The molecule has 5 nitrogen and oxygen atoms in total. The number of nitrogens with zero attached hydrogens (tertiary/aromatic N) is 2. The number of ether oxygens (including phenoxy) is 1. The molecular formula is C17H24N4O. The average molecular weight is 300 g/mol. The summed E-state index contributed by atoms with van der Waals surface area (Å²) in [5, 5.41) is 6.71. The molecule has 0 amide bonds. The summed E-state index contributed by atoms with van der Waals surface area (Å²) < 4.78 is 5.09. The maximum Gasteiger partial charge on any atom is 0.156 e.